The van der Waals surface area contributed by atoms with E-state index in [1.54, 1.807) is 18.3 Å². The van der Waals surface area contributed by atoms with Crippen LogP contribution in [0.4, 0.5) is 0 Å². The minimum atomic E-state index is -2.84. The topological polar surface area (TPSA) is 50.9 Å². The standard InChI is InChI=1S/C62H68N3O.Pt/c1-38(2)50-37-46(27-28-48(50)49-19-16-17-21-52(49)61(10,11)12)65-55-22-18-20-47(56(55)64-58(65)51-35-45(60(7,8)9)36-53(57(51)66)62(13,14)15)42-31-43(33-44(32-42)59(4,5)6)54-34-41(29-30-63-54)40-25-23-39(3)24-26-40;/h16-30,32-38,66H,1-15H3;/q-1;/i3D3,23D,24D,25D,26D,38D;. The number of imidazole rings is 1. The molecule has 5 heteroatoms. The minimum absolute atomic E-state index is 0. The quantitative estimate of drug-likeness (QED) is 0.162. The first-order chi connectivity index (χ1) is 34.1. The van der Waals surface area contributed by atoms with Gasteiger partial charge in [-0.25, -0.2) is 4.98 Å². The smallest absolute Gasteiger partial charge is 0.148 e. The van der Waals surface area contributed by atoms with Gasteiger partial charge in [-0.15, -0.1) is 29.3 Å². The van der Waals surface area contributed by atoms with Gasteiger partial charge in [0.1, 0.15) is 11.6 Å². The molecule has 6 aromatic carbocycles. The maximum atomic E-state index is 12.6. The fourth-order valence-electron chi connectivity index (χ4n) is 8.74. The summed E-state index contributed by atoms with van der Waals surface area (Å²) >= 11 is 0. The molecule has 0 bridgehead atoms. The van der Waals surface area contributed by atoms with Crippen LogP contribution in [-0.4, -0.2) is 19.6 Å². The molecule has 0 aliphatic heterocycles. The summed E-state index contributed by atoms with van der Waals surface area (Å²) in [6.45, 7) is 26.8. The van der Waals surface area contributed by atoms with E-state index in [1.165, 1.54) is 5.56 Å². The van der Waals surface area contributed by atoms with Crippen LogP contribution in [0.1, 0.15) is 147 Å². The molecule has 0 aliphatic rings. The predicted molar refractivity (Wildman–Crippen MR) is 280 cm³/mol. The Kier molecular flexibility index (Phi) is 10.7. The van der Waals surface area contributed by atoms with Gasteiger partial charge in [0.05, 0.1) is 22.1 Å². The molecule has 0 spiro atoms. The first kappa shape index (κ1) is 39.4. The second kappa shape index (κ2) is 18.2. The van der Waals surface area contributed by atoms with Crippen molar-refractivity contribution in [3.05, 3.63) is 167 Å². The van der Waals surface area contributed by atoms with E-state index in [0.29, 0.717) is 33.7 Å². The van der Waals surface area contributed by atoms with Crippen molar-refractivity contribution in [2.75, 3.05) is 0 Å². The number of pyridine rings is 1. The Labute approximate surface area is 426 Å². The number of para-hydroxylation sites is 1. The molecule has 0 unspecified atom stereocenters. The van der Waals surface area contributed by atoms with Crippen molar-refractivity contribution in [1.82, 2.24) is 14.5 Å². The molecule has 2 heterocycles. The number of benzene rings is 6. The average Bonchev–Trinajstić information content (AvgIpc) is 3.68. The second-order valence-electron chi connectivity index (χ2n) is 22.0. The predicted octanol–water partition coefficient (Wildman–Crippen LogP) is 16.9. The summed E-state index contributed by atoms with van der Waals surface area (Å²) in [5.41, 5.74) is 10.7. The Hall–Kier alpha value is -5.57. The fourth-order valence-corrected chi connectivity index (χ4v) is 8.74. The van der Waals surface area contributed by atoms with Crippen molar-refractivity contribution in [1.29, 1.82) is 0 Å². The third-order valence-corrected chi connectivity index (χ3v) is 12.5. The van der Waals surface area contributed by atoms with E-state index in [1.807, 2.05) is 38.1 Å². The van der Waals surface area contributed by atoms with E-state index in [0.717, 1.165) is 55.7 Å². The number of aromatic nitrogens is 3. The Morgan fingerprint density at radius 2 is 1.27 bits per heavy atom. The van der Waals surface area contributed by atoms with Gasteiger partial charge in [-0.05, 0) is 104 Å². The Balaban J connectivity index is 0.00000820. The molecule has 2 aromatic heterocycles. The summed E-state index contributed by atoms with van der Waals surface area (Å²) in [6, 6.07) is 33.9. The van der Waals surface area contributed by atoms with E-state index < -0.39 is 47.9 Å². The zero-order valence-electron chi connectivity index (χ0n) is 49.4. The molecule has 0 aliphatic carbocycles. The third-order valence-electron chi connectivity index (χ3n) is 12.5. The van der Waals surface area contributed by atoms with Crippen molar-refractivity contribution in [2.24, 2.45) is 0 Å². The van der Waals surface area contributed by atoms with Crippen LogP contribution in [0.25, 0.3) is 72.7 Å². The molecular weight excluding hydrogens is 998 g/mol. The van der Waals surface area contributed by atoms with Crippen LogP contribution in [0.2, 0.25) is 0 Å². The van der Waals surface area contributed by atoms with Crippen molar-refractivity contribution in [3.63, 3.8) is 0 Å². The normalized spacial score (nSPS) is 14.5. The Morgan fingerprint density at radius 3 is 1.91 bits per heavy atom. The summed E-state index contributed by atoms with van der Waals surface area (Å²) in [6.07, 6.45) is 1.55. The molecule has 0 radical (unpaired) electrons. The number of aromatic hydroxyl groups is 1. The van der Waals surface area contributed by atoms with Gasteiger partial charge in [-0.3, -0.25) is 9.55 Å². The molecule has 8 rings (SSSR count). The van der Waals surface area contributed by atoms with Crippen molar-refractivity contribution < 1.29 is 37.1 Å². The number of rotatable bonds is 7. The molecule has 1 N–H and O–H groups in total. The van der Waals surface area contributed by atoms with E-state index in [4.69, 9.17) is 19.6 Å². The van der Waals surface area contributed by atoms with Crippen LogP contribution in [0.15, 0.2) is 127 Å². The number of hydrogen-bond donors (Lipinski definition) is 1. The summed E-state index contributed by atoms with van der Waals surface area (Å²) in [5, 5.41) is 12.6. The van der Waals surface area contributed by atoms with Gasteiger partial charge in [0.25, 0.3) is 0 Å². The first-order valence-electron chi connectivity index (χ1n) is 26.9. The number of phenols is 1. The molecule has 0 atom stereocenters. The molecule has 4 nitrogen and oxygen atoms in total. The van der Waals surface area contributed by atoms with Crippen LogP contribution in [0.5, 0.6) is 5.75 Å². The molecule has 8 aromatic rings. The molecule has 0 fully saturated rings. The second-order valence-corrected chi connectivity index (χ2v) is 22.0. The third kappa shape index (κ3) is 9.89. The molecular formula is C62H68N3OPt-. The SMILES string of the molecule is [2H]c1c([2H])c(C([2H])([2H])[2H])c([2H])c([2H])c1-c1ccnc(-c2[c-]c(-c3cccc4c3nc(-c3cc(C(C)(C)C)cc(C(C)(C)C)c3O)n4-c3ccc(-c4ccccc4C(C)(C)C)c(C([2H])(C)C)c3)cc(C(C)(C)C)c2)c1.[Pt]. The molecule has 0 saturated carbocycles. The van der Waals surface area contributed by atoms with Gasteiger partial charge in [-0.2, -0.15) is 0 Å². The van der Waals surface area contributed by atoms with Crippen LogP contribution in [-0.2, 0) is 42.7 Å². The van der Waals surface area contributed by atoms with E-state index in [-0.39, 0.29) is 48.6 Å². The largest absolute Gasteiger partial charge is 0.507 e. The van der Waals surface area contributed by atoms with Crippen molar-refractivity contribution in [2.45, 2.75) is 131 Å². The number of fused-ring (bicyclic) bond motifs is 1. The maximum absolute atomic E-state index is 12.6. The number of phenolic OH excluding ortho intramolecular Hbond substituents is 1. The van der Waals surface area contributed by atoms with Crippen molar-refractivity contribution in [3.8, 4) is 67.5 Å². The van der Waals surface area contributed by atoms with Crippen LogP contribution in [0, 0.1) is 12.9 Å². The van der Waals surface area contributed by atoms with E-state index in [9.17, 15) is 6.48 Å². The zero-order valence-corrected chi connectivity index (χ0v) is 43.7. The Bertz CT molecular complexity index is 3490. The van der Waals surface area contributed by atoms with Gasteiger partial charge in [0.15, 0.2) is 0 Å². The summed E-state index contributed by atoms with van der Waals surface area (Å²) < 4.78 is 70.5. The van der Waals surface area contributed by atoms with Gasteiger partial charge in [0, 0.05) is 49.7 Å². The zero-order chi connectivity index (χ0) is 54.6. The van der Waals surface area contributed by atoms with Crippen LogP contribution >= 0.6 is 0 Å². The minimum Gasteiger partial charge on any atom is -0.507 e. The van der Waals surface area contributed by atoms with Gasteiger partial charge >= 0.3 is 0 Å². The number of nitrogens with zero attached hydrogens (tertiary/aromatic N) is 3. The van der Waals surface area contributed by atoms with Gasteiger partial charge < -0.3 is 5.11 Å². The van der Waals surface area contributed by atoms with E-state index in [2.05, 4.69) is 154 Å². The fraction of sp³-hybridized carbons (Fsp3) is 0.323. The molecule has 67 heavy (non-hydrogen) atoms. The Morgan fingerprint density at radius 1 is 0.627 bits per heavy atom. The van der Waals surface area contributed by atoms with Gasteiger partial charge in [0.2, 0.25) is 0 Å². The number of hydrogen-bond acceptors (Lipinski definition) is 3. The van der Waals surface area contributed by atoms with Crippen LogP contribution in [0.3, 0.4) is 0 Å². The van der Waals surface area contributed by atoms with Crippen LogP contribution < -0.4 is 0 Å². The summed E-state index contributed by atoms with van der Waals surface area (Å²) in [7, 11) is 0. The monoisotopic (exact) mass is 1070 g/mol. The molecule has 348 valence electrons. The summed E-state index contributed by atoms with van der Waals surface area (Å²) in [4.78, 5) is 10.3. The van der Waals surface area contributed by atoms with Crippen molar-refractivity contribution >= 4 is 11.0 Å². The van der Waals surface area contributed by atoms with E-state index >= 15 is 0 Å². The molecule has 0 amide bonds. The molecule has 0 saturated heterocycles. The average molecular weight is 1070 g/mol. The van der Waals surface area contributed by atoms with Gasteiger partial charge in [-0.1, -0.05) is 192 Å². The summed E-state index contributed by atoms with van der Waals surface area (Å²) in [5.74, 6) is -0.345. The maximum Gasteiger partial charge on any atom is 0.148 e. The first-order valence-corrected chi connectivity index (χ1v) is 22.9.